The van der Waals surface area contributed by atoms with E-state index < -0.39 is 6.86 Å². The van der Waals surface area contributed by atoms with Crippen LogP contribution in [-0.2, 0) is 0 Å². The van der Waals surface area contributed by atoms with Gasteiger partial charge in [-0.1, -0.05) is 15.9 Å². The molecule has 1 aromatic carbocycles. The molecule has 0 spiro atoms. The quantitative estimate of drug-likeness (QED) is 0.767. The Morgan fingerprint density at radius 1 is 1.62 bits per heavy atom. The van der Waals surface area contributed by atoms with Gasteiger partial charge in [-0.05, 0) is 25.1 Å². The third kappa shape index (κ3) is 2.52. The fraction of sp³-hybridized carbons (Fsp3) is 0.222. The first-order valence-electron chi connectivity index (χ1n) is 3.64. The minimum atomic E-state index is -0.934. The summed E-state index contributed by atoms with van der Waals surface area (Å²) in [5.74, 6) is 0.125. The molecule has 2 nitrogen and oxygen atoms in total. The molecule has 0 bridgehead atoms. The first-order valence-corrected chi connectivity index (χ1v) is 4.43. The molecule has 0 aliphatic heterocycles. The maximum Gasteiger partial charge on any atom is 0.228 e. The highest BCUT2D eigenvalue weighted by molar-refractivity contribution is 9.10. The van der Waals surface area contributed by atoms with Crippen LogP contribution in [0.25, 0.3) is 0 Å². The zero-order valence-corrected chi connectivity index (χ0v) is 8.60. The van der Waals surface area contributed by atoms with Crippen LogP contribution in [0.4, 0.5) is 4.39 Å². The summed E-state index contributed by atoms with van der Waals surface area (Å²) in [6.07, 6.45) is 0. The second kappa shape index (κ2) is 4.37. The monoisotopic (exact) mass is 246 g/mol. The molecule has 0 atom stereocenters. The molecular weight excluding hydrogens is 239 g/mol. The van der Waals surface area contributed by atoms with Gasteiger partial charge in [0.2, 0.25) is 6.86 Å². The highest BCUT2D eigenvalue weighted by atomic mass is 79.9. The molecule has 1 aromatic rings. The number of carbonyl (C=O) groups excluding carboxylic acids is 1. The first-order chi connectivity index (χ1) is 6.15. The van der Waals surface area contributed by atoms with Crippen molar-refractivity contribution in [3.8, 4) is 5.75 Å². The standard InChI is InChI=1S/C9H8BrFO2/c1-6(12)8-3-2-7(10)4-9(8)13-5-11/h2-4H,5H2,1H3. The van der Waals surface area contributed by atoms with E-state index in [0.29, 0.717) is 5.56 Å². The van der Waals surface area contributed by atoms with E-state index in [-0.39, 0.29) is 11.5 Å². The number of carbonyl (C=O) groups is 1. The summed E-state index contributed by atoms with van der Waals surface area (Å²) in [5, 5.41) is 0. The van der Waals surface area contributed by atoms with E-state index >= 15 is 0 Å². The van der Waals surface area contributed by atoms with Gasteiger partial charge in [-0.3, -0.25) is 4.79 Å². The first kappa shape index (κ1) is 10.2. The molecule has 0 amide bonds. The number of hydrogen-bond donors (Lipinski definition) is 0. The van der Waals surface area contributed by atoms with Crippen molar-refractivity contribution >= 4 is 21.7 Å². The average Bonchev–Trinajstić information content (AvgIpc) is 2.04. The molecule has 0 saturated heterocycles. The van der Waals surface area contributed by atoms with Gasteiger partial charge >= 0.3 is 0 Å². The summed E-state index contributed by atoms with van der Waals surface area (Å²) in [5.41, 5.74) is 0.390. The van der Waals surface area contributed by atoms with E-state index in [2.05, 4.69) is 20.7 Å². The molecule has 70 valence electrons. The number of rotatable bonds is 3. The minimum absolute atomic E-state index is 0.143. The van der Waals surface area contributed by atoms with Gasteiger partial charge in [-0.15, -0.1) is 0 Å². The molecule has 0 N–H and O–H groups in total. The lowest BCUT2D eigenvalue weighted by atomic mass is 10.1. The summed E-state index contributed by atoms with van der Waals surface area (Å²) >= 11 is 3.20. The van der Waals surface area contributed by atoms with Crippen molar-refractivity contribution in [2.75, 3.05) is 6.86 Å². The van der Waals surface area contributed by atoms with Crippen molar-refractivity contribution in [3.63, 3.8) is 0 Å². The van der Waals surface area contributed by atoms with Gasteiger partial charge in [0.05, 0.1) is 5.56 Å². The smallest absolute Gasteiger partial charge is 0.228 e. The van der Waals surface area contributed by atoms with Gasteiger partial charge in [0.1, 0.15) is 5.75 Å². The van der Waals surface area contributed by atoms with Crippen molar-refractivity contribution in [1.82, 2.24) is 0 Å². The Morgan fingerprint density at radius 3 is 2.85 bits per heavy atom. The molecule has 0 aliphatic carbocycles. The summed E-state index contributed by atoms with van der Waals surface area (Å²) in [7, 11) is 0. The zero-order valence-electron chi connectivity index (χ0n) is 7.01. The third-order valence-corrected chi connectivity index (χ3v) is 2.03. The summed E-state index contributed by atoms with van der Waals surface area (Å²) in [6.45, 7) is 0.477. The Balaban J connectivity index is 3.10. The summed E-state index contributed by atoms with van der Waals surface area (Å²) in [4.78, 5) is 11.0. The van der Waals surface area contributed by atoms with E-state index in [9.17, 15) is 9.18 Å². The Kier molecular flexibility index (Phi) is 3.42. The Bertz CT molecular complexity index is 325. The molecular formula is C9H8BrFO2. The molecule has 0 heterocycles. The van der Waals surface area contributed by atoms with Crippen LogP contribution >= 0.6 is 15.9 Å². The SMILES string of the molecule is CC(=O)c1ccc(Br)cc1OCF. The van der Waals surface area contributed by atoms with Crippen LogP contribution in [-0.4, -0.2) is 12.6 Å². The van der Waals surface area contributed by atoms with Crippen LogP contribution in [0.1, 0.15) is 17.3 Å². The number of halogens is 2. The predicted octanol–water partition coefficient (Wildman–Crippen LogP) is 2.96. The lowest BCUT2D eigenvalue weighted by Gasteiger charge is -2.06. The number of Topliss-reactive ketones (excluding diaryl/α,β-unsaturated/α-hetero) is 1. The molecule has 0 saturated carbocycles. The molecule has 0 unspecified atom stereocenters. The zero-order chi connectivity index (χ0) is 9.84. The highest BCUT2D eigenvalue weighted by Crippen LogP contribution is 2.24. The number of benzene rings is 1. The van der Waals surface area contributed by atoms with Crippen LogP contribution < -0.4 is 4.74 Å². The topological polar surface area (TPSA) is 26.3 Å². The van der Waals surface area contributed by atoms with E-state index in [1.165, 1.54) is 6.92 Å². The van der Waals surface area contributed by atoms with Crippen LogP contribution in [0.3, 0.4) is 0 Å². The fourth-order valence-electron chi connectivity index (χ4n) is 0.965. The normalized spacial score (nSPS) is 9.77. The maximum atomic E-state index is 11.9. The molecule has 0 aromatic heterocycles. The minimum Gasteiger partial charge on any atom is -0.462 e. The predicted molar refractivity (Wildman–Crippen MR) is 50.7 cm³/mol. The molecule has 0 radical (unpaired) electrons. The lowest BCUT2D eigenvalue weighted by Crippen LogP contribution is -1.99. The molecule has 0 fully saturated rings. The van der Waals surface area contributed by atoms with Crippen molar-refractivity contribution < 1.29 is 13.9 Å². The van der Waals surface area contributed by atoms with Crippen molar-refractivity contribution in [3.05, 3.63) is 28.2 Å². The Morgan fingerprint density at radius 2 is 2.31 bits per heavy atom. The van der Waals surface area contributed by atoms with E-state index in [1.54, 1.807) is 18.2 Å². The lowest BCUT2D eigenvalue weighted by molar-refractivity contribution is 0.101. The van der Waals surface area contributed by atoms with E-state index in [0.717, 1.165) is 4.47 Å². The average molecular weight is 247 g/mol. The largest absolute Gasteiger partial charge is 0.462 e. The number of ketones is 1. The molecule has 13 heavy (non-hydrogen) atoms. The molecule has 0 aliphatic rings. The van der Waals surface area contributed by atoms with E-state index in [4.69, 9.17) is 0 Å². The molecule has 1 rings (SSSR count). The second-order valence-electron chi connectivity index (χ2n) is 2.45. The highest BCUT2D eigenvalue weighted by Gasteiger charge is 2.08. The van der Waals surface area contributed by atoms with Crippen molar-refractivity contribution in [2.24, 2.45) is 0 Å². The van der Waals surface area contributed by atoms with Gasteiger partial charge in [0.25, 0.3) is 0 Å². The van der Waals surface area contributed by atoms with Gasteiger partial charge in [-0.2, -0.15) is 0 Å². The van der Waals surface area contributed by atoms with Crippen molar-refractivity contribution in [2.45, 2.75) is 6.92 Å². The van der Waals surface area contributed by atoms with Gasteiger partial charge in [-0.25, -0.2) is 4.39 Å². The van der Waals surface area contributed by atoms with E-state index in [1.807, 2.05) is 0 Å². The second-order valence-corrected chi connectivity index (χ2v) is 3.37. The fourth-order valence-corrected chi connectivity index (χ4v) is 1.31. The third-order valence-electron chi connectivity index (χ3n) is 1.53. The van der Waals surface area contributed by atoms with Crippen LogP contribution in [0.15, 0.2) is 22.7 Å². The summed E-state index contributed by atoms with van der Waals surface area (Å²) < 4.78 is 17.3. The van der Waals surface area contributed by atoms with Crippen LogP contribution in [0, 0.1) is 0 Å². The summed E-state index contributed by atoms with van der Waals surface area (Å²) in [6, 6.07) is 4.87. The van der Waals surface area contributed by atoms with Gasteiger partial charge in [0.15, 0.2) is 5.78 Å². The van der Waals surface area contributed by atoms with Crippen LogP contribution in [0.5, 0.6) is 5.75 Å². The Labute approximate surface area is 83.8 Å². The van der Waals surface area contributed by atoms with Gasteiger partial charge < -0.3 is 4.74 Å². The Hall–Kier alpha value is -0.900. The number of ether oxygens (including phenoxy) is 1. The number of hydrogen-bond acceptors (Lipinski definition) is 2. The van der Waals surface area contributed by atoms with Crippen LogP contribution in [0.2, 0.25) is 0 Å². The number of alkyl halides is 1. The molecule has 4 heteroatoms. The maximum absolute atomic E-state index is 11.9. The van der Waals surface area contributed by atoms with Gasteiger partial charge in [0, 0.05) is 4.47 Å². The van der Waals surface area contributed by atoms with Crippen molar-refractivity contribution in [1.29, 1.82) is 0 Å².